The predicted molar refractivity (Wildman–Crippen MR) is 33.3 cm³/mol. The van der Waals surface area contributed by atoms with E-state index in [0.29, 0.717) is 0 Å². The summed E-state index contributed by atoms with van der Waals surface area (Å²) < 4.78 is 0. The van der Waals surface area contributed by atoms with E-state index in [1.54, 1.807) is 0 Å². The highest BCUT2D eigenvalue weighted by Crippen LogP contribution is 1.73. The fourth-order valence-electron chi connectivity index (χ4n) is 0. The Balaban J connectivity index is -0.0000000400. The highest BCUT2D eigenvalue weighted by atomic mass is 35.5. The Bertz CT molecular complexity index is 26.9. The van der Waals surface area contributed by atoms with E-state index in [4.69, 9.17) is 28.0 Å². The molecule has 0 fully saturated rings. The zero-order valence-corrected chi connectivity index (χ0v) is 5.67. The molecule has 0 aliphatic heterocycles. The summed E-state index contributed by atoms with van der Waals surface area (Å²) in [5.74, 6) is 0. The van der Waals surface area contributed by atoms with E-state index < -0.39 is 0 Å². The van der Waals surface area contributed by atoms with Gasteiger partial charge in [-0.05, 0) is 6.92 Å². The van der Waals surface area contributed by atoms with Gasteiger partial charge in [-0.15, -0.1) is 23.2 Å². The average molecular weight is 146 g/mol. The molecule has 0 radical (unpaired) electrons. The van der Waals surface area contributed by atoms with Gasteiger partial charge in [0, 0.05) is 0 Å². The molecule has 0 aliphatic rings. The molecule has 2 nitrogen and oxygen atoms in total. The van der Waals surface area contributed by atoms with E-state index in [-0.39, 0.29) is 11.5 Å². The fourth-order valence-corrected chi connectivity index (χ4v) is 0. The van der Waals surface area contributed by atoms with E-state index in [0.717, 1.165) is 6.29 Å². The van der Waals surface area contributed by atoms with Crippen LogP contribution < -0.4 is 6.15 Å². The van der Waals surface area contributed by atoms with E-state index in [2.05, 4.69) is 0 Å². The average Bonchev–Trinajstić information content (AvgIpc) is 1.39. The maximum atomic E-state index is 8.81. The molecule has 0 unspecified atom stereocenters. The summed E-state index contributed by atoms with van der Waals surface area (Å²) in [7, 11) is 0. The van der Waals surface area contributed by atoms with Crippen LogP contribution in [0, 0.1) is 0 Å². The zero-order valence-electron chi connectivity index (χ0n) is 4.16. The lowest BCUT2D eigenvalue weighted by molar-refractivity contribution is -0.106. The van der Waals surface area contributed by atoms with Crippen LogP contribution >= 0.6 is 23.2 Å². The third kappa shape index (κ3) is 2500. The second-order valence-electron chi connectivity index (χ2n) is 0.337. The van der Waals surface area contributed by atoms with Crippen LogP contribution in [0.1, 0.15) is 6.92 Å². The van der Waals surface area contributed by atoms with Crippen LogP contribution in [0.2, 0.25) is 0 Å². The van der Waals surface area contributed by atoms with Gasteiger partial charge in [0.05, 0.1) is 5.34 Å². The number of rotatable bonds is 0. The van der Waals surface area contributed by atoms with Gasteiger partial charge in [-0.2, -0.15) is 0 Å². The van der Waals surface area contributed by atoms with Crippen molar-refractivity contribution in [1.29, 1.82) is 0 Å². The lowest BCUT2D eigenvalue weighted by atomic mass is 11.0. The van der Waals surface area contributed by atoms with E-state index >= 15 is 0 Å². The first-order valence-electron chi connectivity index (χ1n) is 1.35. The molecule has 4 heteroatoms. The molecule has 0 aromatic rings. The first-order chi connectivity index (χ1) is 2.83. The highest BCUT2D eigenvalue weighted by molar-refractivity contribution is 6.40. The maximum Gasteiger partial charge on any atom is 0.116 e. The summed E-state index contributed by atoms with van der Waals surface area (Å²) in [4.78, 5) is 8.81. The largest absolute Gasteiger partial charge is 0.344 e. The van der Waals surface area contributed by atoms with Crippen LogP contribution in [0.5, 0.6) is 0 Å². The van der Waals surface area contributed by atoms with Gasteiger partial charge >= 0.3 is 0 Å². The Morgan fingerprint density at radius 2 is 1.57 bits per heavy atom. The van der Waals surface area contributed by atoms with Crippen molar-refractivity contribution in [3.8, 4) is 0 Å². The molecule has 0 heterocycles. The Kier molecular flexibility index (Phi) is 77.3. The molecule has 0 atom stereocenters. The number of aldehydes is 1. The molecule has 0 saturated carbocycles. The first-order valence-corrected chi connectivity index (χ1v) is 2.42. The number of carbonyl (C=O) groups excluding carboxylic acids is 1. The summed E-state index contributed by atoms with van der Waals surface area (Å²) in [6.45, 7) is 1.44. The topological polar surface area (TPSA) is 52.1 Å². The lowest BCUT2D eigenvalue weighted by Crippen LogP contribution is -1.36. The van der Waals surface area contributed by atoms with E-state index in [9.17, 15) is 0 Å². The highest BCUT2D eigenvalue weighted by Gasteiger charge is 1.41. The fraction of sp³-hybridized carbons (Fsp3) is 0.667. The van der Waals surface area contributed by atoms with Crippen LogP contribution in [0.25, 0.3) is 0 Å². The molecule has 46 valence electrons. The van der Waals surface area contributed by atoms with Crippen LogP contribution in [0.15, 0.2) is 0 Å². The Hall–Kier alpha value is 0.210. The molecule has 0 amide bonds. The van der Waals surface area contributed by atoms with Crippen molar-refractivity contribution < 1.29 is 4.79 Å². The van der Waals surface area contributed by atoms with Crippen molar-refractivity contribution >= 4 is 29.5 Å². The summed E-state index contributed by atoms with van der Waals surface area (Å²) >= 11 is 9.53. The third-order valence-corrected chi connectivity index (χ3v) is 0. The molecule has 0 spiro atoms. The van der Waals surface area contributed by atoms with Gasteiger partial charge in [-0.25, -0.2) is 0 Å². The maximum absolute atomic E-state index is 8.81. The van der Waals surface area contributed by atoms with Crippen molar-refractivity contribution in [2.24, 2.45) is 0 Å². The molecule has 0 aromatic carbocycles. The molecule has 0 rings (SSSR count). The SMILES string of the molecule is CC=O.ClCCl.N. The van der Waals surface area contributed by atoms with Gasteiger partial charge in [0.25, 0.3) is 0 Å². The van der Waals surface area contributed by atoms with Gasteiger partial charge in [-0.3, -0.25) is 0 Å². The van der Waals surface area contributed by atoms with Gasteiger partial charge in [0.15, 0.2) is 0 Å². The minimum Gasteiger partial charge on any atom is -0.344 e. The van der Waals surface area contributed by atoms with Gasteiger partial charge in [0.2, 0.25) is 0 Å². The van der Waals surface area contributed by atoms with Crippen LogP contribution in [0.3, 0.4) is 0 Å². The van der Waals surface area contributed by atoms with Gasteiger partial charge in [-0.1, -0.05) is 0 Å². The summed E-state index contributed by atoms with van der Waals surface area (Å²) in [5.41, 5.74) is 0. The van der Waals surface area contributed by atoms with E-state index in [1.165, 1.54) is 6.92 Å². The number of hydrogen-bond acceptors (Lipinski definition) is 2. The Morgan fingerprint density at radius 1 is 1.57 bits per heavy atom. The molecule has 0 saturated heterocycles. The first kappa shape index (κ1) is 15.7. The van der Waals surface area contributed by atoms with Crippen molar-refractivity contribution in [1.82, 2.24) is 6.15 Å². The minimum atomic E-state index is 0. The Labute approximate surface area is 53.4 Å². The molecule has 0 aliphatic carbocycles. The second kappa shape index (κ2) is 34.5. The zero-order chi connectivity index (χ0) is 5.41. The monoisotopic (exact) mass is 145 g/mol. The molecule has 3 N–H and O–H groups in total. The minimum absolute atomic E-state index is 0. The van der Waals surface area contributed by atoms with Crippen molar-refractivity contribution in [2.45, 2.75) is 6.92 Å². The van der Waals surface area contributed by atoms with Crippen molar-refractivity contribution in [2.75, 3.05) is 5.34 Å². The number of hydrogen-bond donors (Lipinski definition) is 1. The number of halogens is 2. The molecule has 0 aromatic heterocycles. The second-order valence-corrected chi connectivity index (χ2v) is 1.14. The summed E-state index contributed by atoms with van der Waals surface area (Å²) in [6, 6.07) is 0. The smallest absolute Gasteiger partial charge is 0.116 e. The van der Waals surface area contributed by atoms with Crippen LogP contribution in [-0.4, -0.2) is 11.6 Å². The quantitative estimate of drug-likeness (QED) is 0.418. The predicted octanol–water partition coefficient (Wildman–Crippen LogP) is 1.79. The van der Waals surface area contributed by atoms with Gasteiger partial charge in [0.1, 0.15) is 6.29 Å². The number of alkyl halides is 2. The van der Waals surface area contributed by atoms with Crippen molar-refractivity contribution in [3.63, 3.8) is 0 Å². The van der Waals surface area contributed by atoms with Crippen molar-refractivity contribution in [3.05, 3.63) is 0 Å². The third-order valence-electron chi connectivity index (χ3n) is 0. The van der Waals surface area contributed by atoms with Crippen LogP contribution in [-0.2, 0) is 4.79 Å². The van der Waals surface area contributed by atoms with Crippen LogP contribution in [0.4, 0.5) is 0 Å². The molecular weight excluding hydrogens is 137 g/mol. The molecule has 7 heavy (non-hydrogen) atoms. The summed E-state index contributed by atoms with van der Waals surface area (Å²) in [5, 5.41) is 0.194. The normalized spacial score (nSPS) is 4.43. The van der Waals surface area contributed by atoms with Gasteiger partial charge < -0.3 is 10.9 Å². The van der Waals surface area contributed by atoms with E-state index in [1.807, 2.05) is 0 Å². The molecule has 0 bridgehead atoms. The lowest BCUT2D eigenvalue weighted by Gasteiger charge is -1.42. The Morgan fingerprint density at radius 3 is 1.57 bits per heavy atom. The number of carbonyl (C=O) groups is 1. The molecular formula is C3H9Cl2NO. The standard InChI is InChI=1S/C2H4O.CH2Cl2.H3N/c1-2-3;2-1-3;/h2H,1H3;1H2;1H3. The summed E-state index contributed by atoms with van der Waals surface area (Å²) in [6.07, 6.45) is 0.750.